The van der Waals surface area contributed by atoms with Gasteiger partial charge in [0.15, 0.2) is 9.84 Å². The molecule has 0 radical (unpaired) electrons. The van der Waals surface area contributed by atoms with E-state index >= 15 is 0 Å². The van der Waals surface area contributed by atoms with E-state index in [9.17, 15) is 18.0 Å². The van der Waals surface area contributed by atoms with Crippen molar-refractivity contribution in [1.29, 1.82) is 0 Å². The van der Waals surface area contributed by atoms with Crippen LogP contribution < -0.4 is 10.6 Å². The molecule has 0 aliphatic heterocycles. The van der Waals surface area contributed by atoms with Crippen molar-refractivity contribution in [3.8, 4) is 0 Å². The van der Waals surface area contributed by atoms with Crippen LogP contribution in [0.15, 0.2) is 0 Å². The third-order valence-corrected chi connectivity index (χ3v) is 11.9. The summed E-state index contributed by atoms with van der Waals surface area (Å²) >= 11 is 0. The molecule has 0 aromatic carbocycles. The molecule has 0 aromatic heterocycles. The number of hydrogen-bond acceptors (Lipinski definition) is 4. The third-order valence-electron chi connectivity index (χ3n) is 9.47. The largest absolute Gasteiger partial charge is 0.353 e. The summed E-state index contributed by atoms with van der Waals surface area (Å²) in [5.41, 5.74) is -0.140. The number of hydrogen-bond donors (Lipinski definition) is 2. The molecule has 2 N–H and O–H groups in total. The molecule has 0 heterocycles. The highest BCUT2D eigenvalue weighted by atomic mass is 32.2. The molecule has 0 unspecified atom stereocenters. The first-order valence-corrected chi connectivity index (χ1v) is 16.2. The van der Waals surface area contributed by atoms with Gasteiger partial charge in [0.05, 0.1) is 11.0 Å². The number of amides is 2. The maximum absolute atomic E-state index is 13.0. The van der Waals surface area contributed by atoms with Gasteiger partial charge in [-0.1, -0.05) is 19.3 Å². The maximum Gasteiger partial charge on any atom is 0.223 e. The van der Waals surface area contributed by atoms with Crippen LogP contribution >= 0.6 is 0 Å². The Kier molecular flexibility index (Phi) is 8.86. The number of rotatable bonds is 9. The van der Waals surface area contributed by atoms with Crippen molar-refractivity contribution in [2.24, 2.45) is 23.7 Å². The van der Waals surface area contributed by atoms with Crippen LogP contribution in [-0.2, 0) is 19.4 Å². The zero-order valence-corrected chi connectivity index (χ0v) is 22.8. The first kappa shape index (κ1) is 26.9. The second-order valence-electron chi connectivity index (χ2n) is 12.8. The van der Waals surface area contributed by atoms with Gasteiger partial charge >= 0.3 is 0 Å². The molecule has 0 spiro atoms. The molecule has 0 saturated heterocycles. The van der Waals surface area contributed by atoms with Gasteiger partial charge < -0.3 is 10.6 Å². The lowest BCUT2D eigenvalue weighted by Gasteiger charge is -2.39. The molecule has 7 heteroatoms. The Morgan fingerprint density at radius 2 is 1.37 bits per heavy atom. The van der Waals surface area contributed by atoms with E-state index in [0.29, 0.717) is 42.8 Å². The minimum absolute atomic E-state index is 0.0545. The molecule has 0 atom stereocenters. The average molecular weight is 509 g/mol. The molecule has 4 rings (SSSR count). The molecule has 4 aliphatic carbocycles. The molecule has 4 fully saturated rings. The van der Waals surface area contributed by atoms with Gasteiger partial charge in [-0.05, 0) is 109 Å². The van der Waals surface area contributed by atoms with Crippen molar-refractivity contribution in [2.75, 3.05) is 5.75 Å². The van der Waals surface area contributed by atoms with E-state index < -0.39 is 9.84 Å². The quantitative estimate of drug-likeness (QED) is 0.463. The lowest BCUT2D eigenvalue weighted by molar-refractivity contribution is -0.128. The van der Waals surface area contributed by atoms with Crippen LogP contribution in [-0.4, -0.2) is 42.8 Å². The summed E-state index contributed by atoms with van der Waals surface area (Å²) in [5, 5.41) is 6.39. The minimum atomic E-state index is -2.96. The number of carbonyl (C=O) groups excluding carboxylic acids is 2. The molecule has 4 saturated carbocycles. The Morgan fingerprint density at radius 1 is 0.771 bits per heavy atom. The predicted octanol–water partition coefficient (Wildman–Crippen LogP) is 4.91. The van der Waals surface area contributed by atoms with E-state index in [4.69, 9.17) is 0 Å². The number of carbonyl (C=O) groups is 2. The summed E-state index contributed by atoms with van der Waals surface area (Å²) in [5.74, 6) is 2.00. The highest BCUT2D eigenvalue weighted by molar-refractivity contribution is 7.92. The van der Waals surface area contributed by atoms with E-state index in [1.165, 1.54) is 32.1 Å². The van der Waals surface area contributed by atoms with Gasteiger partial charge in [0.25, 0.3) is 0 Å². The lowest BCUT2D eigenvalue weighted by atomic mass is 9.76. The minimum Gasteiger partial charge on any atom is -0.353 e. The fourth-order valence-corrected chi connectivity index (χ4v) is 9.09. The third kappa shape index (κ3) is 7.69. The maximum atomic E-state index is 13.0. The van der Waals surface area contributed by atoms with Gasteiger partial charge in [-0.2, -0.15) is 0 Å². The predicted molar refractivity (Wildman–Crippen MR) is 140 cm³/mol. The Morgan fingerprint density at radius 3 is 1.97 bits per heavy atom. The van der Waals surface area contributed by atoms with E-state index in [-0.39, 0.29) is 34.6 Å². The van der Waals surface area contributed by atoms with Crippen LogP contribution in [0.4, 0.5) is 0 Å². The molecule has 2 amide bonds. The summed E-state index contributed by atoms with van der Waals surface area (Å²) in [7, 11) is -2.96. The zero-order valence-electron chi connectivity index (χ0n) is 22.0. The topological polar surface area (TPSA) is 92.3 Å². The van der Waals surface area contributed by atoms with Crippen LogP contribution in [0.5, 0.6) is 0 Å². The second-order valence-corrected chi connectivity index (χ2v) is 15.1. The summed E-state index contributed by atoms with van der Waals surface area (Å²) in [6, 6.07) is 0.160. The summed E-state index contributed by atoms with van der Waals surface area (Å²) in [6.07, 6.45) is 15.4. The first-order valence-electron chi connectivity index (χ1n) is 14.5. The van der Waals surface area contributed by atoms with Crippen LogP contribution in [0.1, 0.15) is 117 Å². The highest BCUT2D eigenvalue weighted by Crippen LogP contribution is 2.36. The lowest BCUT2D eigenvalue weighted by Crippen LogP contribution is -2.52. The smallest absolute Gasteiger partial charge is 0.223 e. The van der Waals surface area contributed by atoms with Crippen molar-refractivity contribution < 1.29 is 18.0 Å². The van der Waals surface area contributed by atoms with Crippen LogP contribution in [0.25, 0.3) is 0 Å². The monoisotopic (exact) mass is 508 g/mol. The van der Waals surface area contributed by atoms with Crippen LogP contribution in [0, 0.1) is 23.7 Å². The van der Waals surface area contributed by atoms with Crippen molar-refractivity contribution in [2.45, 2.75) is 133 Å². The van der Waals surface area contributed by atoms with E-state index in [1.54, 1.807) is 0 Å². The standard InChI is InChI=1S/C28H48N2O4S/c1-28(2,23-6-4-3-5-7-23)30-27(32)22-12-14-24(15-13-22)29-26(31)18-20-10-16-25(17-11-20)35(33,34)19-21-8-9-21/h20-25H,3-19H2,1-2H3,(H,29,31)(H,30,32). The fourth-order valence-electron chi connectivity index (χ4n) is 6.84. The molecule has 0 aromatic rings. The summed E-state index contributed by atoms with van der Waals surface area (Å²) in [4.78, 5) is 25.6. The Balaban J connectivity index is 1.13. The Labute approximate surface area is 213 Å². The van der Waals surface area contributed by atoms with Crippen molar-refractivity contribution in [3.63, 3.8) is 0 Å². The van der Waals surface area contributed by atoms with Gasteiger partial charge in [-0.25, -0.2) is 8.42 Å². The molecular formula is C28H48N2O4S. The van der Waals surface area contributed by atoms with Crippen molar-refractivity contribution in [3.05, 3.63) is 0 Å². The highest BCUT2D eigenvalue weighted by Gasteiger charge is 2.37. The van der Waals surface area contributed by atoms with Gasteiger partial charge in [-0.15, -0.1) is 0 Å². The normalized spacial score (nSPS) is 31.0. The number of nitrogens with one attached hydrogen (secondary N) is 2. The van der Waals surface area contributed by atoms with E-state index in [2.05, 4.69) is 24.5 Å². The SMILES string of the molecule is CC(C)(NC(=O)C1CCC(NC(=O)CC2CCC(S(=O)(=O)CC3CC3)CC2)CC1)C1CCCCC1. The Hall–Kier alpha value is -1.11. The van der Waals surface area contributed by atoms with Gasteiger partial charge in [0, 0.05) is 23.9 Å². The molecule has 0 bridgehead atoms. The zero-order chi connectivity index (χ0) is 25.1. The first-order chi connectivity index (χ1) is 16.6. The second kappa shape index (κ2) is 11.5. The van der Waals surface area contributed by atoms with E-state index in [1.807, 2.05) is 0 Å². The number of sulfone groups is 1. The van der Waals surface area contributed by atoms with E-state index in [0.717, 1.165) is 51.4 Å². The summed E-state index contributed by atoms with van der Waals surface area (Å²) in [6.45, 7) is 4.37. The van der Waals surface area contributed by atoms with Gasteiger partial charge in [-0.3, -0.25) is 9.59 Å². The molecule has 35 heavy (non-hydrogen) atoms. The van der Waals surface area contributed by atoms with Crippen LogP contribution in [0.2, 0.25) is 0 Å². The average Bonchev–Trinajstić information content (AvgIpc) is 3.63. The molecule has 6 nitrogen and oxygen atoms in total. The van der Waals surface area contributed by atoms with Crippen molar-refractivity contribution >= 4 is 21.7 Å². The molecule has 200 valence electrons. The van der Waals surface area contributed by atoms with Gasteiger partial charge in [0.1, 0.15) is 0 Å². The molecule has 4 aliphatic rings. The van der Waals surface area contributed by atoms with Crippen LogP contribution in [0.3, 0.4) is 0 Å². The fraction of sp³-hybridized carbons (Fsp3) is 0.929. The van der Waals surface area contributed by atoms with Crippen molar-refractivity contribution in [1.82, 2.24) is 10.6 Å². The van der Waals surface area contributed by atoms with Gasteiger partial charge in [0.2, 0.25) is 11.8 Å². The molecular weight excluding hydrogens is 460 g/mol. The summed E-state index contributed by atoms with van der Waals surface area (Å²) < 4.78 is 25.1. The Bertz CT molecular complexity index is 829.